The Bertz CT molecular complexity index is 936. The lowest BCUT2D eigenvalue weighted by Crippen LogP contribution is -2.20. The smallest absolute Gasteiger partial charge is 0.381 e. The molecule has 0 aromatic carbocycles. The molecule has 1 amide bonds. The summed E-state index contributed by atoms with van der Waals surface area (Å²) in [6, 6.07) is 1.49. The molecule has 2 heterocycles. The molecule has 4 N–H and O–H groups in total. The van der Waals surface area contributed by atoms with E-state index in [0.717, 1.165) is 24.0 Å². The molecular formula is C17H22N6O4S. The maximum atomic E-state index is 12.5. The molecule has 1 atom stereocenters. The Morgan fingerprint density at radius 2 is 2.07 bits per heavy atom. The summed E-state index contributed by atoms with van der Waals surface area (Å²) in [5.41, 5.74) is 0.323. The van der Waals surface area contributed by atoms with Crippen molar-refractivity contribution in [3.63, 3.8) is 0 Å². The van der Waals surface area contributed by atoms with Gasteiger partial charge in [0.05, 0.1) is 12.8 Å². The summed E-state index contributed by atoms with van der Waals surface area (Å²) in [6.45, 7) is 5.70. The van der Waals surface area contributed by atoms with Crippen LogP contribution in [0.25, 0.3) is 0 Å². The summed E-state index contributed by atoms with van der Waals surface area (Å²) in [6.07, 6.45) is 3.51. The minimum Gasteiger partial charge on any atom is -0.488 e. The van der Waals surface area contributed by atoms with Gasteiger partial charge in [0.2, 0.25) is 16.0 Å². The van der Waals surface area contributed by atoms with Gasteiger partial charge in [-0.1, -0.05) is 18.3 Å². The van der Waals surface area contributed by atoms with Crippen molar-refractivity contribution >= 4 is 39.4 Å². The van der Waals surface area contributed by atoms with Crippen LogP contribution in [0.3, 0.4) is 0 Å². The fourth-order valence-corrected chi connectivity index (χ4v) is 2.78. The van der Waals surface area contributed by atoms with Gasteiger partial charge < -0.3 is 25.2 Å². The van der Waals surface area contributed by atoms with Gasteiger partial charge in [0.25, 0.3) is 5.91 Å². The molecule has 0 aliphatic heterocycles. The average molecular weight is 406 g/mol. The Hall–Kier alpha value is -3.21. The number of nitrogens with one attached hydrogen (secondary N) is 4. The molecular weight excluding hydrogens is 384 g/mol. The Morgan fingerprint density at radius 3 is 2.68 bits per heavy atom. The van der Waals surface area contributed by atoms with Crippen LogP contribution >= 0.6 is 11.3 Å². The maximum absolute atomic E-state index is 12.5. The minimum atomic E-state index is -0.757. The molecule has 2 aromatic rings. The van der Waals surface area contributed by atoms with Crippen molar-refractivity contribution < 1.29 is 13.9 Å². The average Bonchev–Trinajstić information content (AvgIpc) is 3.08. The zero-order chi connectivity index (χ0) is 20.7. The van der Waals surface area contributed by atoms with E-state index in [9.17, 15) is 9.59 Å². The first-order chi connectivity index (χ1) is 13.4. The van der Waals surface area contributed by atoms with Crippen LogP contribution in [-0.2, 0) is 0 Å². The number of hydrogen-bond acceptors (Lipinski definition) is 10. The van der Waals surface area contributed by atoms with Crippen LogP contribution in [0.5, 0.6) is 5.75 Å². The number of methoxy groups -OCH3 is 1. The van der Waals surface area contributed by atoms with Crippen LogP contribution in [0.2, 0.25) is 0 Å². The van der Waals surface area contributed by atoms with Crippen molar-refractivity contribution in [1.29, 1.82) is 5.41 Å². The number of allylic oxidation sites excluding steroid dienone is 2. The summed E-state index contributed by atoms with van der Waals surface area (Å²) < 4.78 is 10.2. The van der Waals surface area contributed by atoms with Crippen molar-refractivity contribution in [2.45, 2.75) is 33.2 Å². The Morgan fingerprint density at radius 1 is 1.39 bits per heavy atom. The highest BCUT2D eigenvalue weighted by molar-refractivity contribution is 7.19. The highest BCUT2D eigenvalue weighted by Crippen LogP contribution is 2.25. The first kappa shape index (κ1) is 21.1. The van der Waals surface area contributed by atoms with Crippen LogP contribution in [-0.4, -0.2) is 35.5 Å². The van der Waals surface area contributed by atoms with E-state index < -0.39 is 11.5 Å². The second-order valence-electron chi connectivity index (χ2n) is 5.81. The standard InChI is InChI=1S/C17H22N6O4S/c1-5-9(2)19-11-8-12(27-15(25)13(11)26-4)14(24)21-17-23-22-16(28-17)20-10(3)6-7-18/h6-9,18-19H,5H2,1-4H3,(H,20,22)(H,21,23,24)/b10-6-,18-7?/t9-/m1/s1. The molecule has 0 fully saturated rings. The summed E-state index contributed by atoms with van der Waals surface area (Å²) >= 11 is 1.10. The number of hydrogen-bond donors (Lipinski definition) is 4. The predicted molar refractivity (Wildman–Crippen MR) is 109 cm³/mol. The lowest BCUT2D eigenvalue weighted by Gasteiger charge is -2.15. The molecule has 0 saturated heterocycles. The molecule has 10 nitrogen and oxygen atoms in total. The number of aromatic nitrogens is 2. The first-order valence-corrected chi connectivity index (χ1v) is 9.27. The molecule has 0 aliphatic carbocycles. The van der Waals surface area contributed by atoms with Crippen molar-refractivity contribution in [1.82, 2.24) is 10.2 Å². The molecule has 0 aliphatic rings. The molecule has 2 aromatic heterocycles. The quantitative estimate of drug-likeness (QED) is 0.466. The number of rotatable bonds is 9. The Kier molecular flexibility index (Phi) is 7.27. The van der Waals surface area contributed by atoms with Gasteiger partial charge in [-0.2, -0.15) is 0 Å². The Labute approximate surface area is 165 Å². The van der Waals surface area contributed by atoms with Crippen molar-refractivity contribution in [3.05, 3.63) is 34.0 Å². The van der Waals surface area contributed by atoms with Gasteiger partial charge in [-0.25, -0.2) is 4.79 Å². The molecule has 2 rings (SSSR count). The highest BCUT2D eigenvalue weighted by Gasteiger charge is 2.19. The molecule has 150 valence electrons. The number of anilines is 3. The molecule has 28 heavy (non-hydrogen) atoms. The van der Waals surface area contributed by atoms with E-state index in [1.54, 1.807) is 13.0 Å². The van der Waals surface area contributed by atoms with E-state index >= 15 is 0 Å². The molecule has 0 radical (unpaired) electrons. The van der Waals surface area contributed by atoms with Crippen LogP contribution < -0.4 is 26.3 Å². The molecule has 11 heteroatoms. The lowest BCUT2D eigenvalue weighted by atomic mass is 10.2. The first-order valence-electron chi connectivity index (χ1n) is 8.45. The third-order valence-corrected chi connectivity index (χ3v) is 4.39. The molecule has 0 saturated carbocycles. The Balaban J connectivity index is 2.20. The van der Waals surface area contributed by atoms with E-state index in [0.29, 0.717) is 16.5 Å². The van der Waals surface area contributed by atoms with E-state index in [1.165, 1.54) is 13.2 Å². The monoisotopic (exact) mass is 406 g/mol. The van der Waals surface area contributed by atoms with Crippen molar-refractivity contribution in [3.8, 4) is 5.75 Å². The van der Waals surface area contributed by atoms with Gasteiger partial charge in [0.15, 0.2) is 5.76 Å². The van der Waals surface area contributed by atoms with Crippen molar-refractivity contribution in [2.24, 2.45) is 0 Å². The molecule has 0 unspecified atom stereocenters. The van der Waals surface area contributed by atoms with Crippen LogP contribution in [0.4, 0.5) is 16.0 Å². The topological polar surface area (TPSA) is 142 Å². The second kappa shape index (κ2) is 9.65. The van der Waals surface area contributed by atoms with Crippen LogP contribution in [0, 0.1) is 5.41 Å². The van der Waals surface area contributed by atoms with E-state index in [4.69, 9.17) is 14.6 Å². The van der Waals surface area contributed by atoms with Crippen LogP contribution in [0.15, 0.2) is 27.1 Å². The van der Waals surface area contributed by atoms with E-state index in [1.807, 2.05) is 13.8 Å². The van der Waals surface area contributed by atoms with Gasteiger partial charge >= 0.3 is 5.63 Å². The number of nitrogens with zero attached hydrogens (tertiary/aromatic N) is 2. The van der Waals surface area contributed by atoms with Crippen LogP contribution in [0.1, 0.15) is 37.7 Å². The number of ether oxygens (including phenoxy) is 1. The normalized spacial score (nSPS) is 12.2. The van der Waals surface area contributed by atoms with Crippen molar-refractivity contribution in [2.75, 3.05) is 23.1 Å². The van der Waals surface area contributed by atoms with Gasteiger partial charge in [0.1, 0.15) is 0 Å². The van der Waals surface area contributed by atoms with E-state index in [2.05, 4.69) is 26.1 Å². The molecule has 0 spiro atoms. The summed E-state index contributed by atoms with van der Waals surface area (Å²) in [4.78, 5) is 24.6. The fraction of sp³-hybridized carbons (Fsp3) is 0.353. The number of amides is 1. The summed E-state index contributed by atoms with van der Waals surface area (Å²) in [7, 11) is 1.36. The fourth-order valence-electron chi connectivity index (χ4n) is 2.08. The van der Waals surface area contributed by atoms with E-state index in [-0.39, 0.29) is 22.7 Å². The third kappa shape index (κ3) is 5.39. The predicted octanol–water partition coefficient (Wildman–Crippen LogP) is 2.93. The van der Waals surface area contributed by atoms with Gasteiger partial charge in [-0.15, -0.1) is 10.2 Å². The zero-order valence-electron chi connectivity index (χ0n) is 16.0. The number of carbonyl (C=O) groups is 1. The van der Waals surface area contributed by atoms with Gasteiger partial charge in [0, 0.05) is 24.0 Å². The summed E-state index contributed by atoms with van der Waals surface area (Å²) in [5, 5.41) is 24.1. The second-order valence-corrected chi connectivity index (χ2v) is 6.78. The lowest BCUT2D eigenvalue weighted by molar-refractivity contribution is 0.0991. The third-order valence-electron chi connectivity index (χ3n) is 3.63. The highest BCUT2D eigenvalue weighted by atomic mass is 32.1. The zero-order valence-corrected chi connectivity index (χ0v) is 16.8. The largest absolute Gasteiger partial charge is 0.488 e. The van der Waals surface area contributed by atoms with Gasteiger partial charge in [-0.3, -0.25) is 10.1 Å². The number of carbonyl (C=O) groups excluding carboxylic acids is 1. The summed E-state index contributed by atoms with van der Waals surface area (Å²) in [5.74, 6) is -0.810. The van der Waals surface area contributed by atoms with Gasteiger partial charge in [-0.05, 0) is 26.3 Å². The maximum Gasteiger partial charge on any atom is 0.381 e. The SMILES string of the molecule is CC[C@@H](C)Nc1cc(C(=O)Nc2nnc(N/C(C)=C\C=N)s2)oc(=O)c1OC. The minimum absolute atomic E-state index is 0.00714. The molecule has 0 bridgehead atoms.